The van der Waals surface area contributed by atoms with Crippen molar-refractivity contribution in [2.24, 2.45) is 0 Å². The molecule has 4 nitrogen and oxygen atoms in total. The predicted octanol–water partition coefficient (Wildman–Crippen LogP) is 3.62. The van der Waals surface area contributed by atoms with Crippen LogP contribution in [0.5, 0.6) is 0 Å². The van der Waals surface area contributed by atoms with Gasteiger partial charge >= 0.3 is 0 Å². The van der Waals surface area contributed by atoms with Gasteiger partial charge in [0, 0.05) is 28.9 Å². The van der Waals surface area contributed by atoms with Crippen molar-refractivity contribution in [1.82, 2.24) is 20.2 Å². The highest BCUT2D eigenvalue weighted by Crippen LogP contribution is 2.33. The zero-order valence-electron chi connectivity index (χ0n) is 10.7. The molecule has 4 heteroatoms. The first-order valence-corrected chi connectivity index (χ1v) is 6.45. The van der Waals surface area contributed by atoms with Crippen molar-refractivity contribution in [3.63, 3.8) is 0 Å². The lowest BCUT2D eigenvalue weighted by molar-refractivity contribution is 1.10. The minimum atomic E-state index is 0.885. The van der Waals surface area contributed by atoms with Gasteiger partial charge in [-0.1, -0.05) is 30.3 Å². The largest absolute Gasteiger partial charge is 0.345 e. The van der Waals surface area contributed by atoms with Crippen LogP contribution < -0.4 is 0 Å². The summed E-state index contributed by atoms with van der Waals surface area (Å²) in [6, 6.07) is 14.2. The normalized spacial score (nSPS) is 11.0. The summed E-state index contributed by atoms with van der Waals surface area (Å²) in [6.07, 6.45) is 5.62. The number of H-pyrrole nitrogens is 2. The van der Waals surface area contributed by atoms with Gasteiger partial charge in [0.2, 0.25) is 0 Å². The van der Waals surface area contributed by atoms with E-state index in [-0.39, 0.29) is 0 Å². The molecule has 0 atom stereocenters. The standard InChI is InChI=1S/C16H12N4/c1-2-5-11(6-3-1)13-10-19-20-15(13)14-9-18-16-12(14)7-4-8-17-16/h1-10H,(H,17,18)(H,19,20). The Morgan fingerprint density at radius 3 is 2.70 bits per heavy atom. The van der Waals surface area contributed by atoms with E-state index in [0.29, 0.717) is 0 Å². The second-order valence-corrected chi connectivity index (χ2v) is 4.63. The maximum absolute atomic E-state index is 4.32. The van der Waals surface area contributed by atoms with E-state index >= 15 is 0 Å². The Hall–Kier alpha value is -2.88. The molecular formula is C16H12N4. The first kappa shape index (κ1) is 11.0. The van der Waals surface area contributed by atoms with E-state index in [0.717, 1.165) is 33.4 Å². The summed E-state index contributed by atoms with van der Waals surface area (Å²) in [6.45, 7) is 0. The molecule has 0 amide bonds. The first-order chi connectivity index (χ1) is 9.93. The van der Waals surface area contributed by atoms with Crippen molar-refractivity contribution in [2.45, 2.75) is 0 Å². The van der Waals surface area contributed by atoms with Crippen molar-refractivity contribution in [2.75, 3.05) is 0 Å². The molecule has 1 aromatic carbocycles. The van der Waals surface area contributed by atoms with Crippen molar-refractivity contribution < 1.29 is 0 Å². The Labute approximate surface area is 115 Å². The van der Waals surface area contributed by atoms with Gasteiger partial charge in [-0.05, 0) is 17.7 Å². The Kier molecular flexibility index (Phi) is 2.39. The summed E-state index contributed by atoms with van der Waals surface area (Å²) < 4.78 is 0. The topological polar surface area (TPSA) is 57.4 Å². The Morgan fingerprint density at radius 1 is 0.900 bits per heavy atom. The van der Waals surface area contributed by atoms with Gasteiger partial charge in [0.15, 0.2) is 0 Å². The van der Waals surface area contributed by atoms with Gasteiger partial charge in [-0.2, -0.15) is 5.10 Å². The Balaban J connectivity index is 1.94. The summed E-state index contributed by atoms with van der Waals surface area (Å²) in [4.78, 5) is 7.52. The third-order valence-electron chi connectivity index (χ3n) is 3.44. The highest BCUT2D eigenvalue weighted by atomic mass is 15.1. The lowest BCUT2D eigenvalue weighted by Gasteiger charge is -2.02. The van der Waals surface area contributed by atoms with Crippen LogP contribution in [0.25, 0.3) is 33.4 Å². The summed E-state index contributed by atoms with van der Waals surface area (Å²) in [5.74, 6) is 0. The van der Waals surface area contributed by atoms with Gasteiger partial charge < -0.3 is 4.98 Å². The molecule has 0 unspecified atom stereocenters. The molecule has 20 heavy (non-hydrogen) atoms. The molecule has 0 aliphatic heterocycles. The third kappa shape index (κ3) is 1.62. The molecule has 4 rings (SSSR count). The third-order valence-corrected chi connectivity index (χ3v) is 3.44. The van der Waals surface area contributed by atoms with Crippen LogP contribution in [0.3, 0.4) is 0 Å². The smallest absolute Gasteiger partial charge is 0.137 e. The van der Waals surface area contributed by atoms with Crippen LogP contribution in [0.2, 0.25) is 0 Å². The van der Waals surface area contributed by atoms with E-state index in [2.05, 4.69) is 38.4 Å². The van der Waals surface area contributed by atoms with Crippen molar-refractivity contribution >= 4 is 11.0 Å². The maximum atomic E-state index is 4.32. The molecular weight excluding hydrogens is 248 g/mol. The molecule has 0 fully saturated rings. The SMILES string of the molecule is c1ccc(-c2cn[nH]c2-c2c[nH]c3ncccc23)cc1. The second kappa shape index (κ2) is 4.35. The van der Waals surface area contributed by atoms with E-state index in [4.69, 9.17) is 0 Å². The summed E-state index contributed by atoms with van der Waals surface area (Å²) in [5, 5.41) is 8.39. The molecule has 0 spiro atoms. The maximum Gasteiger partial charge on any atom is 0.137 e. The van der Waals surface area contributed by atoms with Gasteiger partial charge in [0.25, 0.3) is 0 Å². The minimum Gasteiger partial charge on any atom is -0.345 e. The van der Waals surface area contributed by atoms with Crippen LogP contribution in [0, 0.1) is 0 Å². The van der Waals surface area contributed by atoms with Crippen LogP contribution in [-0.4, -0.2) is 20.2 Å². The van der Waals surface area contributed by atoms with Crippen LogP contribution in [0.4, 0.5) is 0 Å². The van der Waals surface area contributed by atoms with Crippen LogP contribution in [0.15, 0.2) is 61.1 Å². The average molecular weight is 260 g/mol. The van der Waals surface area contributed by atoms with Gasteiger partial charge in [0.05, 0.1) is 11.9 Å². The number of pyridine rings is 1. The highest BCUT2D eigenvalue weighted by Gasteiger charge is 2.13. The predicted molar refractivity (Wildman–Crippen MR) is 79.1 cm³/mol. The number of aromatic amines is 2. The molecule has 0 bridgehead atoms. The number of hydrogen-bond donors (Lipinski definition) is 2. The Morgan fingerprint density at radius 2 is 1.80 bits per heavy atom. The molecule has 96 valence electrons. The number of fused-ring (bicyclic) bond motifs is 1. The average Bonchev–Trinajstić information content (AvgIpc) is 3.14. The molecule has 0 saturated heterocycles. The highest BCUT2D eigenvalue weighted by molar-refractivity contribution is 5.96. The number of rotatable bonds is 2. The first-order valence-electron chi connectivity index (χ1n) is 6.45. The summed E-state index contributed by atoms with van der Waals surface area (Å²) >= 11 is 0. The number of nitrogens with one attached hydrogen (secondary N) is 2. The van der Waals surface area contributed by atoms with Crippen molar-refractivity contribution in [1.29, 1.82) is 0 Å². The molecule has 3 aromatic heterocycles. The number of aromatic nitrogens is 4. The van der Waals surface area contributed by atoms with E-state index < -0.39 is 0 Å². The second-order valence-electron chi connectivity index (χ2n) is 4.63. The lowest BCUT2D eigenvalue weighted by Crippen LogP contribution is -1.81. The van der Waals surface area contributed by atoms with Crippen LogP contribution >= 0.6 is 0 Å². The monoisotopic (exact) mass is 260 g/mol. The quantitative estimate of drug-likeness (QED) is 0.578. The molecule has 0 radical (unpaired) electrons. The van der Waals surface area contributed by atoms with Gasteiger partial charge in [0.1, 0.15) is 5.65 Å². The number of hydrogen-bond acceptors (Lipinski definition) is 2. The van der Waals surface area contributed by atoms with Crippen molar-refractivity contribution in [3.05, 3.63) is 61.1 Å². The fourth-order valence-electron chi connectivity index (χ4n) is 2.49. The molecule has 3 heterocycles. The number of nitrogens with zero attached hydrogens (tertiary/aromatic N) is 2. The molecule has 0 saturated carbocycles. The molecule has 0 aliphatic rings. The summed E-state index contributed by atoms with van der Waals surface area (Å²) in [5.41, 5.74) is 5.22. The molecule has 2 N–H and O–H groups in total. The number of benzene rings is 1. The van der Waals surface area contributed by atoms with Crippen molar-refractivity contribution in [3.8, 4) is 22.4 Å². The fraction of sp³-hybridized carbons (Fsp3) is 0. The zero-order chi connectivity index (χ0) is 13.4. The fourth-order valence-corrected chi connectivity index (χ4v) is 2.49. The zero-order valence-corrected chi connectivity index (χ0v) is 10.7. The van der Waals surface area contributed by atoms with E-state index in [1.54, 1.807) is 6.20 Å². The van der Waals surface area contributed by atoms with E-state index in [1.807, 2.05) is 36.7 Å². The minimum absolute atomic E-state index is 0.885. The van der Waals surface area contributed by atoms with E-state index in [9.17, 15) is 0 Å². The van der Waals surface area contributed by atoms with E-state index in [1.165, 1.54) is 0 Å². The molecule has 4 aromatic rings. The lowest BCUT2D eigenvalue weighted by atomic mass is 10.0. The summed E-state index contributed by atoms with van der Waals surface area (Å²) in [7, 11) is 0. The van der Waals surface area contributed by atoms with Gasteiger partial charge in [-0.3, -0.25) is 5.10 Å². The van der Waals surface area contributed by atoms with Crippen LogP contribution in [-0.2, 0) is 0 Å². The van der Waals surface area contributed by atoms with Gasteiger partial charge in [-0.25, -0.2) is 4.98 Å². The van der Waals surface area contributed by atoms with Crippen LogP contribution in [0.1, 0.15) is 0 Å². The molecule has 0 aliphatic carbocycles. The Bertz CT molecular complexity index is 858. The van der Waals surface area contributed by atoms with Gasteiger partial charge in [-0.15, -0.1) is 0 Å².